The number of sulfonamides is 1. The van der Waals surface area contributed by atoms with E-state index in [4.69, 9.17) is 21.5 Å². The summed E-state index contributed by atoms with van der Waals surface area (Å²) in [7, 11) is -3.82. The number of hydrogen-bond acceptors (Lipinski definition) is 5. The number of carbonyl (C=O) groups excluding carboxylic acids is 2. The van der Waals surface area contributed by atoms with Crippen molar-refractivity contribution in [1.82, 2.24) is 0 Å². The number of nitrogens with one attached hydrogen (secondary N) is 1. The Balaban J connectivity index is 2.11. The van der Waals surface area contributed by atoms with Gasteiger partial charge in [-0.25, -0.2) is 13.6 Å². The van der Waals surface area contributed by atoms with Crippen LogP contribution in [0.4, 0.5) is 5.69 Å². The quantitative estimate of drug-likeness (QED) is 0.662. The zero-order chi connectivity index (χ0) is 21.1. The molecule has 1 amide bonds. The number of Topliss-reactive ketones (excluding diaryl/α,β-unsaturated/α-hetero) is 1. The average Bonchev–Trinajstić information content (AvgIpc) is 2.60. The van der Waals surface area contributed by atoms with E-state index in [0.29, 0.717) is 21.8 Å². The molecule has 28 heavy (non-hydrogen) atoms. The fraction of sp³-hybridized carbons (Fsp3) is 0.263. The van der Waals surface area contributed by atoms with E-state index in [-0.39, 0.29) is 29.0 Å². The highest BCUT2D eigenvalue weighted by atomic mass is 35.5. The van der Waals surface area contributed by atoms with Crippen molar-refractivity contribution in [2.45, 2.75) is 25.7 Å². The largest absolute Gasteiger partial charge is 0.483 e. The Kier molecular flexibility index (Phi) is 6.82. The van der Waals surface area contributed by atoms with E-state index in [1.807, 2.05) is 0 Å². The molecule has 0 aliphatic rings. The van der Waals surface area contributed by atoms with Crippen molar-refractivity contribution in [1.29, 1.82) is 0 Å². The van der Waals surface area contributed by atoms with Gasteiger partial charge in [0.2, 0.25) is 10.0 Å². The first-order valence-electron chi connectivity index (χ1n) is 8.39. The van der Waals surface area contributed by atoms with Gasteiger partial charge in [0.25, 0.3) is 5.91 Å². The van der Waals surface area contributed by atoms with E-state index in [1.54, 1.807) is 26.8 Å². The minimum atomic E-state index is -3.82. The van der Waals surface area contributed by atoms with Gasteiger partial charge in [-0.1, -0.05) is 25.4 Å². The fourth-order valence-corrected chi connectivity index (χ4v) is 3.19. The summed E-state index contributed by atoms with van der Waals surface area (Å²) in [6.07, 6.45) is 0. The Bertz CT molecular complexity index is 1020. The Hall–Kier alpha value is -2.42. The Morgan fingerprint density at radius 2 is 1.86 bits per heavy atom. The van der Waals surface area contributed by atoms with Crippen LogP contribution < -0.4 is 15.2 Å². The van der Waals surface area contributed by atoms with Gasteiger partial charge in [0.15, 0.2) is 12.4 Å². The highest BCUT2D eigenvalue weighted by molar-refractivity contribution is 7.89. The Morgan fingerprint density at radius 1 is 1.18 bits per heavy atom. The molecule has 2 rings (SSSR count). The van der Waals surface area contributed by atoms with Crippen LogP contribution in [-0.2, 0) is 14.8 Å². The minimum absolute atomic E-state index is 0.0442. The lowest BCUT2D eigenvalue weighted by Gasteiger charge is -2.14. The number of carbonyl (C=O) groups is 2. The van der Waals surface area contributed by atoms with Gasteiger partial charge in [-0.05, 0) is 48.9 Å². The lowest BCUT2D eigenvalue weighted by atomic mass is 10.0. The summed E-state index contributed by atoms with van der Waals surface area (Å²) < 4.78 is 28.2. The molecule has 0 bridgehead atoms. The number of primary sulfonamides is 1. The average molecular weight is 425 g/mol. The van der Waals surface area contributed by atoms with Crippen molar-refractivity contribution < 1.29 is 22.7 Å². The summed E-state index contributed by atoms with van der Waals surface area (Å²) in [4.78, 5) is 24.5. The smallest absolute Gasteiger partial charge is 0.262 e. The third kappa shape index (κ3) is 5.54. The van der Waals surface area contributed by atoms with Crippen LogP contribution in [0.3, 0.4) is 0 Å². The van der Waals surface area contributed by atoms with Crippen molar-refractivity contribution in [3.8, 4) is 5.75 Å². The maximum absolute atomic E-state index is 12.3. The summed E-state index contributed by atoms with van der Waals surface area (Å²) in [6, 6.07) is 8.73. The molecule has 2 aromatic rings. The number of rotatable bonds is 7. The molecule has 0 heterocycles. The number of hydrogen-bond donors (Lipinski definition) is 2. The molecule has 7 nitrogen and oxygen atoms in total. The number of halogens is 1. The van der Waals surface area contributed by atoms with E-state index in [1.165, 1.54) is 30.3 Å². The number of ether oxygens (including phenoxy) is 1. The molecule has 0 saturated carbocycles. The molecule has 0 saturated heterocycles. The predicted molar refractivity (Wildman–Crippen MR) is 107 cm³/mol. The summed E-state index contributed by atoms with van der Waals surface area (Å²) >= 11 is 5.96. The van der Waals surface area contributed by atoms with Crippen LogP contribution in [0.5, 0.6) is 5.75 Å². The number of aryl methyl sites for hydroxylation is 1. The number of ketones is 1. The van der Waals surface area contributed by atoms with E-state index < -0.39 is 15.9 Å². The van der Waals surface area contributed by atoms with Crippen LogP contribution in [0.25, 0.3) is 0 Å². The third-order valence-electron chi connectivity index (χ3n) is 3.89. The summed E-state index contributed by atoms with van der Waals surface area (Å²) in [6.45, 7) is 4.82. The molecule has 0 aliphatic carbocycles. The minimum Gasteiger partial charge on any atom is -0.483 e. The van der Waals surface area contributed by atoms with Crippen molar-refractivity contribution in [3.63, 3.8) is 0 Å². The van der Waals surface area contributed by atoms with Gasteiger partial charge >= 0.3 is 0 Å². The van der Waals surface area contributed by atoms with Crippen LogP contribution in [0, 0.1) is 12.8 Å². The van der Waals surface area contributed by atoms with Gasteiger partial charge in [-0.15, -0.1) is 0 Å². The fourth-order valence-electron chi connectivity index (χ4n) is 2.41. The van der Waals surface area contributed by atoms with Gasteiger partial charge in [-0.2, -0.15) is 0 Å². The molecule has 0 aromatic heterocycles. The predicted octanol–water partition coefficient (Wildman–Crippen LogP) is 3.15. The molecule has 0 aliphatic heterocycles. The zero-order valence-corrected chi connectivity index (χ0v) is 17.2. The van der Waals surface area contributed by atoms with Crippen LogP contribution in [0.1, 0.15) is 29.8 Å². The first-order valence-corrected chi connectivity index (χ1v) is 10.3. The first-order chi connectivity index (χ1) is 13.0. The molecule has 0 fully saturated rings. The highest BCUT2D eigenvalue weighted by Gasteiger charge is 2.18. The molecule has 0 atom stereocenters. The van der Waals surface area contributed by atoms with Crippen molar-refractivity contribution in [2.75, 3.05) is 11.9 Å². The lowest BCUT2D eigenvalue weighted by Crippen LogP contribution is -2.22. The maximum Gasteiger partial charge on any atom is 0.262 e. The molecular weight excluding hydrogens is 404 g/mol. The molecule has 150 valence electrons. The normalized spacial score (nSPS) is 11.4. The molecule has 2 aromatic carbocycles. The van der Waals surface area contributed by atoms with Gasteiger partial charge in [0.1, 0.15) is 5.75 Å². The number of amides is 1. The molecule has 3 N–H and O–H groups in total. The Labute approximate surface area is 168 Å². The molecule has 0 radical (unpaired) electrons. The Morgan fingerprint density at radius 3 is 2.43 bits per heavy atom. The highest BCUT2D eigenvalue weighted by Crippen LogP contribution is 2.26. The molecule has 0 unspecified atom stereocenters. The van der Waals surface area contributed by atoms with Crippen molar-refractivity contribution >= 4 is 39.0 Å². The monoisotopic (exact) mass is 424 g/mol. The first kappa shape index (κ1) is 21.9. The van der Waals surface area contributed by atoms with Crippen molar-refractivity contribution in [3.05, 3.63) is 52.5 Å². The van der Waals surface area contributed by atoms with Gasteiger partial charge < -0.3 is 10.1 Å². The van der Waals surface area contributed by atoms with Crippen LogP contribution in [0.2, 0.25) is 5.02 Å². The van der Waals surface area contributed by atoms with E-state index in [2.05, 4.69) is 5.32 Å². The summed E-state index contributed by atoms with van der Waals surface area (Å²) in [5.41, 5.74) is 1.27. The number of benzene rings is 2. The van der Waals surface area contributed by atoms with E-state index in [0.717, 1.165) is 0 Å². The van der Waals surface area contributed by atoms with Gasteiger partial charge in [0, 0.05) is 16.6 Å². The molecule has 0 spiro atoms. The van der Waals surface area contributed by atoms with Crippen LogP contribution >= 0.6 is 11.6 Å². The van der Waals surface area contributed by atoms with Gasteiger partial charge in [-0.3, -0.25) is 9.59 Å². The topological polar surface area (TPSA) is 116 Å². The standard InChI is InChI=1S/C19H21ClN2O5S/c1-11(2)19(24)15-9-13(20)4-7-17(15)27-10-18(23)22-16-6-5-14(8-12(16)3)28(21,25)26/h4-9,11H,10H2,1-3H3,(H,22,23)(H2,21,25,26). The number of anilines is 1. The third-order valence-corrected chi connectivity index (χ3v) is 5.04. The zero-order valence-electron chi connectivity index (χ0n) is 15.7. The second-order valence-electron chi connectivity index (χ2n) is 6.52. The van der Waals surface area contributed by atoms with Crippen LogP contribution in [0.15, 0.2) is 41.3 Å². The van der Waals surface area contributed by atoms with Crippen molar-refractivity contribution in [2.24, 2.45) is 11.1 Å². The SMILES string of the molecule is Cc1cc(S(N)(=O)=O)ccc1NC(=O)COc1ccc(Cl)cc1C(=O)C(C)C. The second-order valence-corrected chi connectivity index (χ2v) is 8.52. The lowest BCUT2D eigenvalue weighted by molar-refractivity contribution is -0.118. The molecule has 9 heteroatoms. The van der Waals surface area contributed by atoms with Gasteiger partial charge in [0.05, 0.1) is 10.5 Å². The molecular formula is C19H21ClN2O5S. The van der Waals surface area contributed by atoms with E-state index in [9.17, 15) is 18.0 Å². The van der Waals surface area contributed by atoms with Crippen LogP contribution in [-0.4, -0.2) is 26.7 Å². The summed E-state index contributed by atoms with van der Waals surface area (Å²) in [5, 5.41) is 8.11. The maximum atomic E-state index is 12.3. The second kappa shape index (κ2) is 8.72. The number of nitrogens with two attached hydrogens (primary N) is 1. The summed E-state index contributed by atoms with van der Waals surface area (Å²) in [5.74, 6) is -0.606. The van der Waals surface area contributed by atoms with E-state index >= 15 is 0 Å².